The molecule has 2 aromatic heterocycles. The third kappa shape index (κ3) is 4.41. The molecule has 0 spiro atoms. The molecule has 1 fully saturated rings. The van der Waals surface area contributed by atoms with Gasteiger partial charge in [0.25, 0.3) is 0 Å². The zero-order valence-electron chi connectivity index (χ0n) is 15.1. The van der Waals surface area contributed by atoms with E-state index in [1.165, 1.54) is 51.8 Å². The maximum Gasteiger partial charge on any atom is 0.107 e. The molecule has 0 atom stereocenters. The molecule has 1 N–H and O–H groups in total. The van der Waals surface area contributed by atoms with E-state index in [1.807, 2.05) is 28.9 Å². The van der Waals surface area contributed by atoms with Gasteiger partial charge in [-0.05, 0) is 55.4 Å². The van der Waals surface area contributed by atoms with Crippen molar-refractivity contribution in [1.82, 2.24) is 15.2 Å². The van der Waals surface area contributed by atoms with Crippen LogP contribution in [0.3, 0.4) is 0 Å². The minimum atomic E-state index is 0.609. The van der Waals surface area contributed by atoms with Gasteiger partial charge in [0.15, 0.2) is 0 Å². The minimum absolute atomic E-state index is 0.609. The lowest BCUT2D eigenvalue weighted by Gasteiger charge is -2.32. The molecule has 3 aromatic rings. The topological polar surface area (TPSA) is 28.2 Å². The number of hydrogen-bond acceptors (Lipinski definition) is 5. The number of likely N-dealkylation sites (tertiary alicyclic amines) is 1. The van der Waals surface area contributed by atoms with Gasteiger partial charge in [-0.2, -0.15) is 0 Å². The zero-order valence-corrected chi connectivity index (χ0v) is 16.8. The van der Waals surface area contributed by atoms with Crippen molar-refractivity contribution >= 4 is 22.7 Å². The van der Waals surface area contributed by atoms with Gasteiger partial charge in [0.1, 0.15) is 5.01 Å². The van der Waals surface area contributed by atoms with E-state index >= 15 is 0 Å². The summed E-state index contributed by atoms with van der Waals surface area (Å²) in [4.78, 5) is 9.85. The summed E-state index contributed by atoms with van der Waals surface area (Å²) < 4.78 is 0. The van der Waals surface area contributed by atoms with Crippen LogP contribution in [0.1, 0.15) is 29.0 Å². The van der Waals surface area contributed by atoms with E-state index in [-0.39, 0.29) is 0 Å². The smallest absolute Gasteiger partial charge is 0.107 e. The third-order valence-corrected chi connectivity index (χ3v) is 7.21. The van der Waals surface area contributed by atoms with E-state index in [1.54, 1.807) is 0 Å². The minimum Gasteiger partial charge on any atom is -0.308 e. The number of nitrogens with one attached hydrogen (secondary N) is 1. The Hall–Kier alpha value is -1.53. The first-order valence-electron chi connectivity index (χ1n) is 9.27. The summed E-state index contributed by atoms with van der Waals surface area (Å²) in [7, 11) is 0. The fraction of sp³-hybridized carbons (Fsp3) is 0.381. The predicted octanol–water partition coefficient (Wildman–Crippen LogP) is 4.93. The molecule has 26 heavy (non-hydrogen) atoms. The second kappa shape index (κ2) is 8.44. The van der Waals surface area contributed by atoms with Crippen molar-refractivity contribution in [2.45, 2.75) is 38.9 Å². The van der Waals surface area contributed by atoms with Gasteiger partial charge >= 0.3 is 0 Å². The summed E-state index contributed by atoms with van der Waals surface area (Å²) in [6, 6.07) is 13.6. The third-order valence-electron chi connectivity index (χ3n) is 5.02. The summed E-state index contributed by atoms with van der Waals surface area (Å²) in [5, 5.41) is 7.07. The van der Waals surface area contributed by atoms with Crippen LogP contribution in [0, 0.1) is 6.92 Å². The molecular weight excluding hydrogens is 358 g/mol. The Bertz CT molecular complexity index is 817. The normalized spacial score (nSPS) is 16.2. The fourth-order valence-electron chi connectivity index (χ4n) is 3.49. The van der Waals surface area contributed by atoms with Gasteiger partial charge in [0.2, 0.25) is 0 Å². The summed E-state index contributed by atoms with van der Waals surface area (Å²) in [6.45, 7) is 6.48. The Labute approximate surface area is 163 Å². The predicted molar refractivity (Wildman–Crippen MR) is 112 cm³/mol. The molecule has 0 aliphatic carbocycles. The molecule has 1 aliphatic heterocycles. The van der Waals surface area contributed by atoms with Crippen molar-refractivity contribution in [1.29, 1.82) is 0 Å². The highest BCUT2D eigenvalue weighted by Crippen LogP contribution is 2.33. The van der Waals surface area contributed by atoms with Gasteiger partial charge < -0.3 is 5.32 Å². The Morgan fingerprint density at radius 1 is 1.15 bits per heavy atom. The van der Waals surface area contributed by atoms with E-state index in [4.69, 9.17) is 0 Å². The molecule has 1 saturated heterocycles. The van der Waals surface area contributed by atoms with Crippen molar-refractivity contribution in [3.63, 3.8) is 0 Å². The standard InChI is InChI=1S/C21H25N3S2/c1-16-9-12-25-21(16)19-13-23-20(26-19)14-22-18-7-10-24(11-8-18)15-17-5-3-2-4-6-17/h2-6,9,12-13,18,22H,7-8,10-11,14-15H2,1H3. The van der Waals surface area contributed by atoms with E-state index in [2.05, 4.69) is 63.9 Å². The second-order valence-electron chi connectivity index (χ2n) is 6.97. The first-order chi connectivity index (χ1) is 12.8. The van der Waals surface area contributed by atoms with Crippen LogP contribution in [0.5, 0.6) is 0 Å². The first kappa shape index (κ1) is 17.9. The molecule has 3 heterocycles. The Morgan fingerprint density at radius 3 is 2.69 bits per heavy atom. The Morgan fingerprint density at radius 2 is 1.96 bits per heavy atom. The molecule has 0 bridgehead atoms. The van der Waals surface area contributed by atoms with Crippen molar-refractivity contribution in [2.75, 3.05) is 13.1 Å². The maximum atomic E-state index is 4.62. The molecule has 136 valence electrons. The summed E-state index contributed by atoms with van der Waals surface area (Å²) >= 11 is 3.63. The Kier molecular flexibility index (Phi) is 5.80. The van der Waals surface area contributed by atoms with E-state index in [0.29, 0.717) is 6.04 Å². The van der Waals surface area contributed by atoms with Crippen molar-refractivity contribution < 1.29 is 0 Å². The van der Waals surface area contributed by atoms with Gasteiger partial charge in [-0.15, -0.1) is 22.7 Å². The van der Waals surface area contributed by atoms with Crippen LogP contribution in [-0.2, 0) is 13.1 Å². The van der Waals surface area contributed by atoms with Gasteiger partial charge in [-0.1, -0.05) is 30.3 Å². The molecule has 0 radical (unpaired) electrons. The number of hydrogen-bond donors (Lipinski definition) is 1. The molecule has 0 unspecified atom stereocenters. The van der Waals surface area contributed by atoms with Crippen LogP contribution in [0.15, 0.2) is 48.0 Å². The average molecular weight is 384 g/mol. The van der Waals surface area contributed by atoms with Crippen molar-refractivity contribution in [3.05, 3.63) is 64.1 Å². The lowest BCUT2D eigenvalue weighted by Crippen LogP contribution is -2.41. The number of piperidine rings is 1. The Balaban J connectivity index is 1.24. The maximum absolute atomic E-state index is 4.62. The number of thiophene rings is 1. The van der Waals surface area contributed by atoms with E-state index < -0.39 is 0 Å². The van der Waals surface area contributed by atoms with E-state index in [0.717, 1.165) is 13.1 Å². The van der Waals surface area contributed by atoms with Crippen LogP contribution >= 0.6 is 22.7 Å². The van der Waals surface area contributed by atoms with Crippen LogP contribution in [0.4, 0.5) is 0 Å². The molecular formula is C21H25N3S2. The molecule has 1 aromatic carbocycles. The van der Waals surface area contributed by atoms with Gasteiger partial charge in [0, 0.05) is 30.2 Å². The van der Waals surface area contributed by atoms with Crippen LogP contribution in [0.2, 0.25) is 0 Å². The van der Waals surface area contributed by atoms with Crippen LogP contribution in [0.25, 0.3) is 9.75 Å². The number of nitrogens with zero attached hydrogens (tertiary/aromatic N) is 2. The molecule has 0 saturated carbocycles. The number of aromatic nitrogens is 1. The fourth-order valence-corrected chi connectivity index (χ4v) is 5.46. The number of benzene rings is 1. The second-order valence-corrected chi connectivity index (χ2v) is 9.00. The van der Waals surface area contributed by atoms with E-state index in [9.17, 15) is 0 Å². The SMILES string of the molecule is Cc1ccsc1-c1cnc(CNC2CCN(Cc3ccccc3)CC2)s1. The van der Waals surface area contributed by atoms with Crippen molar-refractivity contribution in [2.24, 2.45) is 0 Å². The highest BCUT2D eigenvalue weighted by Gasteiger charge is 2.19. The molecule has 4 rings (SSSR count). The van der Waals surface area contributed by atoms with Gasteiger partial charge in [-0.3, -0.25) is 4.90 Å². The largest absolute Gasteiger partial charge is 0.308 e. The number of rotatable bonds is 6. The summed E-state index contributed by atoms with van der Waals surface area (Å²) in [6.07, 6.45) is 4.47. The zero-order chi connectivity index (χ0) is 17.8. The summed E-state index contributed by atoms with van der Waals surface area (Å²) in [5.41, 5.74) is 2.77. The van der Waals surface area contributed by atoms with Crippen LogP contribution < -0.4 is 5.32 Å². The summed E-state index contributed by atoms with van der Waals surface area (Å²) in [5.74, 6) is 0. The molecule has 3 nitrogen and oxygen atoms in total. The molecule has 1 aliphatic rings. The van der Waals surface area contributed by atoms with Crippen LogP contribution in [-0.4, -0.2) is 29.0 Å². The molecule has 5 heteroatoms. The van der Waals surface area contributed by atoms with Gasteiger partial charge in [0.05, 0.1) is 4.88 Å². The first-order valence-corrected chi connectivity index (χ1v) is 11.0. The average Bonchev–Trinajstić information content (AvgIpc) is 3.30. The monoisotopic (exact) mass is 383 g/mol. The number of thiazole rings is 1. The van der Waals surface area contributed by atoms with Crippen molar-refractivity contribution in [3.8, 4) is 9.75 Å². The highest BCUT2D eigenvalue weighted by atomic mass is 32.1. The molecule has 0 amide bonds. The highest BCUT2D eigenvalue weighted by molar-refractivity contribution is 7.21. The lowest BCUT2D eigenvalue weighted by molar-refractivity contribution is 0.190. The number of aryl methyl sites for hydroxylation is 1. The van der Waals surface area contributed by atoms with Gasteiger partial charge in [-0.25, -0.2) is 4.98 Å². The quantitative estimate of drug-likeness (QED) is 0.654. The lowest BCUT2D eigenvalue weighted by atomic mass is 10.0.